The Labute approximate surface area is 149 Å². The molecule has 0 amide bonds. The van der Waals surface area contributed by atoms with Crippen LogP contribution in [-0.4, -0.2) is 21.5 Å². The number of hydrogen-bond donors (Lipinski definition) is 0. The SMILES string of the molecule is CC(C)(C)[Si](C)(C)OC1=CC2(CCOCC2)c2ccc(Br)cc21. The van der Waals surface area contributed by atoms with Crippen LogP contribution in [0.1, 0.15) is 44.7 Å². The number of allylic oxidation sites excluding steroid dienone is 1. The van der Waals surface area contributed by atoms with E-state index in [-0.39, 0.29) is 10.5 Å². The van der Waals surface area contributed by atoms with Gasteiger partial charge in [-0.15, -0.1) is 0 Å². The lowest BCUT2D eigenvalue weighted by Gasteiger charge is -2.37. The highest BCUT2D eigenvalue weighted by atomic mass is 79.9. The molecule has 1 fully saturated rings. The van der Waals surface area contributed by atoms with Gasteiger partial charge >= 0.3 is 0 Å². The Morgan fingerprint density at radius 2 is 1.83 bits per heavy atom. The summed E-state index contributed by atoms with van der Waals surface area (Å²) in [6.07, 6.45) is 4.49. The minimum absolute atomic E-state index is 0.103. The van der Waals surface area contributed by atoms with E-state index in [4.69, 9.17) is 9.16 Å². The summed E-state index contributed by atoms with van der Waals surface area (Å²) in [6.45, 7) is 13.2. The molecule has 2 aliphatic rings. The fourth-order valence-electron chi connectivity index (χ4n) is 3.22. The number of fused-ring (bicyclic) bond motifs is 2. The first-order valence-corrected chi connectivity index (χ1v) is 12.1. The van der Waals surface area contributed by atoms with Crippen molar-refractivity contribution in [2.45, 2.75) is 57.2 Å². The quantitative estimate of drug-likeness (QED) is 0.583. The highest BCUT2D eigenvalue weighted by Gasteiger charge is 2.44. The summed E-state index contributed by atoms with van der Waals surface area (Å²) < 4.78 is 13.4. The highest BCUT2D eigenvalue weighted by molar-refractivity contribution is 9.10. The van der Waals surface area contributed by atoms with Crippen molar-refractivity contribution in [2.75, 3.05) is 13.2 Å². The first-order chi connectivity index (χ1) is 10.6. The predicted octanol–water partition coefficient (Wildman–Crippen LogP) is 5.87. The van der Waals surface area contributed by atoms with Crippen molar-refractivity contribution in [3.05, 3.63) is 39.9 Å². The van der Waals surface area contributed by atoms with E-state index in [0.717, 1.165) is 36.3 Å². The third-order valence-electron chi connectivity index (χ3n) is 5.75. The van der Waals surface area contributed by atoms with Gasteiger partial charge in [0.2, 0.25) is 8.32 Å². The van der Waals surface area contributed by atoms with E-state index >= 15 is 0 Å². The fraction of sp³-hybridized carbons (Fsp3) is 0.579. The summed E-state index contributed by atoms with van der Waals surface area (Å²) in [5.74, 6) is 1.09. The van der Waals surface area contributed by atoms with Gasteiger partial charge in [-0.2, -0.15) is 0 Å². The largest absolute Gasteiger partial charge is 0.543 e. The zero-order valence-corrected chi connectivity index (χ0v) is 17.4. The number of benzene rings is 1. The van der Waals surface area contributed by atoms with Gasteiger partial charge in [0.1, 0.15) is 5.76 Å². The summed E-state index contributed by atoms with van der Waals surface area (Å²) in [6, 6.07) is 6.64. The van der Waals surface area contributed by atoms with E-state index in [1.807, 2.05) is 0 Å². The third-order valence-corrected chi connectivity index (χ3v) is 10.6. The molecule has 0 bridgehead atoms. The molecular formula is C19H27BrO2Si. The smallest absolute Gasteiger partial charge is 0.250 e. The van der Waals surface area contributed by atoms with Crippen molar-refractivity contribution in [3.63, 3.8) is 0 Å². The molecule has 0 atom stereocenters. The molecule has 126 valence electrons. The molecule has 1 aromatic carbocycles. The molecule has 1 spiro atoms. The molecule has 2 nitrogen and oxygen atoms in total. The molecule has 3 rings (SSSR count). The molecule has 0 saturated carbocycles. The van der Waals surface area contributed by atoms with E-state index in [2.05, 4.69) is 74.1 Å². The second kappa shape index (κ2) is 5.75. The summed E-state index contributed by atoms with van der Waals surface area (Å²) >= 11 is 3.63. The van der Waals surface area contributed by atoms with E-state index in [1.54, 1.807) is 0 Å². The highest BCUT2D eigenvalue weighted by Crippen LogP contribution is 2.50. The van der Waals surface area contributed by atoms with Crippen molar-refractivity contribution in [1.29, 1.82) is 0 Å². The van der Waals surface area contributed by atoms with Gasteiger partial charge in [-0.3, -0.25) is 0 Å². The second-order valence-corrected chi connectivity index (χ2v) is 14.0. The monoisotopic (exact) mass is 394 g/mol. The molecular weight excluding hydrogens is 368 g/mol. The minimum Gasteiger partial charge on any atom is -0.543 e. The van der Waals surface area contributed by atoms with Crippen LogP contribution in [0.25, 0.3) is 5.76 Å². The summed E-state index contributed by atoms with van der Waals surface area (Å²) in [4.78, 5) is 0. The van der Waals surface area contributed by atoms with Crippen molar-refractivity contribution in [1.82, 2.24) is 0 Å². The van der Waals surface area contributed by atoms with Gasteiger partial charge in [0, 0.05) is 28.7 Å². The van der Waals surface area contributed by atoms with Crippen LogP contribution in [0.2, 0.25) is 18.1 Å². The molecule has 1 aliphatic carbocycles. The van der Waals surface area contributed by atoms with Crippen LogP contribution in [0.5, 0.6) is 0 Å². The Morgan fingerprint density at radius 1 is 1.17 bits per heavy atom. The van der Waals surface area contributed by atoms with Gasteiger partial charge in [0.15, 0.2) is 0 Å². The molecule has 4 heteroatoms. The van der Waals surface area contributed by atoms with Crippen LogP contribution in [0.4, 0.5) is 0 Å². The van der Waals surface area contributed by atoms with Gasteiger partial charge in [0.05, 0.1) is 0 Å². The normalized spacial score (nSPS) is 20.3. The molecule has 0 N–H and O–H groups in total. The number of hydrogen-bond acceptors (Lipinski definition) is 2. The molecule has 1 heterocycles. The van der Waals surface area contributed by atoms with Gasteiger partial charge in [0.25, 0.3) is 0 Å². The third kappa shape index (κ3) is 3.05. The average molecular weight is 395 g/mol. The Bertz CT molecular complexity index is 637. The lowest BCUT2D eigenvalue weighted by molar-refractivity contribution is 0.0661. The maximum atomic E-state index is 6.71. The lowest BCUT2D eigenvalue weighted by atomic mass is 9.76. The van der Waals surface area contributed by atoms with Crippen molar-refractivity contribution in [3.8, 4) is 0 Å². The standard InChI is InChI=1S/C19H27BrO2Si/c1-18(2,3)23(4,5)22-17-13-19(8-10-21-11-9-19)16-7-6-14(20)12-15(16)17/h6-7,12-13H,8-11H2,1-5H3. The molecule has 0 unspecified atom stereocenters. The maximum Gasteiger partial charge on any atom is 0.250 e. The van der Waals surface area contributed by atoms with Crippen molar-refractivity contribution >= 4 is 30.0 Å². The van der Waals surface area contributed by atoms with Gasteiger partial charge in [-0.25, -0.2) is 0 Å². The van der Waals surface area contributed by atoms with Crippen molar-refractivity contribution in [2.24, 2.45) is 0 Å². The van der Waals surface area contributed by atoms with Gasteiger partial charge in [-0.1, -0.05) is 42.8 Å². The molecule has 0 radical (unpaired) electrons. The van der Waals surface area contributed by atoms with Crippen LogP contribution < -0.4 is 0 Å². The average Bonchev–Trinajstić information content (AvgIpc) is 2.71. The van der Waals surface area contributed by atoms with Gasteiger partial charge in [-0.05, 0) is 54.7 Å². The van der Waals surface area contributed by atoms with Crippen LogP contribution in [0.15, 0.2) is 28.7 Å². The lowest BCUT2D eigenvalue weighted by Crippen LogP contribution is -2.40. The second-order valence-electron chi connectivity index (χ2n) is 8.33. The number of ether oxygens (including phenoxy) is 1. The Hall–Kier alpha value is -0.583. The maximum absolute atomic E-state index is 6.71. The summed E-state index contributed by atoms with van der Waals surface area (Å²) in [5, 5.41) is 0.200. The first kappa shape index (κ1) is 17.2. The van der Waals surface area contributed by atoms with Crippen LogP contribution >= 0.6 is 15.9 Å². The fourth-order valence-corrected chi connectivity index (χ4v) is 4.61. The summed E-state index contributed by atoms with van der Waals surface area (Å²) in [5.41, 5.74) is 2.79. The van der Waals surface area contributed by atoms with Gasteiger partial charge < -0.3 is 9.16 Å². The Balaban J connectivity index is 2.03. The van der Waals surface area contributed by atoms with E-state index < -0.39 is 8.32 Å². The van der Waals surface area contributed by atoms with E-state index in [0.29, 0.717) is 0 Å². The Morgan fingerprint density at radius 3 is 2.43 bits per heavy atom. The number of halogens is 1. The van der Waals surface area contributed by atoms with Crippen LogP contribution in [0, 0.1) is 0 Å². The summed E-state index contributed by atoms with van der Waals surface area (Å²) in [7, 11) is -1.85. The molecule has 1 aromatic rings. The zero-order chi connectivity index (χ0) is 16.9. The van der Waals surface area contributed by atoms with E-state index in [1.165, 1.54) is 11.1 Å². The molecule has 1 saturated heterocycles. The van der Waals surface area contributed by atoms with Crippen molar-refractivity contribution < 1.29 is 9.16 Å². The number of rotatable bonds is 2. The molecule has 1 aliphatic heterocycles. The molecule has 23 heavy (non-hydrogen) atoms. The Kier molecular flexibility index (Phi) is 4.31. The molecule has 0 aromatic heterocycles. The first-order valence-electron chi connectivity index (χ1n) is 8.45. The minimum atomic E-state index is -1.85. The zero-order valence-electron chi connectivity index (χ0n) is 14.8. The van der Waals surface area contributed by atoms with Crippen LogP contribution in [-0.2, 0) is 14.6 Å². The topological polar surface area (TPSA) is 18.5 Å². The van der Waals surface area contributed by atoms with Crippen LogP contribution in [0.3, 0.4) is 0 Å². The van der Waals surface area contributed by atoms with E-state index in [9.17, 15) is 0 Å². The predicted molar refractivity (Wildman–Crippen MR) is 102 cm³/mol.